The molecule has 1 aromatic carbocycles. The molecule has 7 nitrogen and oxygen atoms in total. The van der Waals surface area contributed by atoms with Gasteiger partial charge in [-0.1, -0.05) is 12.1 Å². The molecule has 2 rings (SSSR count). The van der Waals surface area contributed by atoms with Crippen LogP contribution in [-0.4, -0.2) is 40.0 Å². The summed E-state index contributed by atoms with van der Waals surface area (Å²) in [4.78, 5) is 25.6. The van der Waals surface area contributed by atoms with Crippen molar-refractivity contribution in [1.82, 2.24) is 9.80 Å². The van der Waals surface area contributed by atoms with Crippen molar-refractivity contribution in [1.29, 1.82) is 0 Å². The Morgan fingerprint density at radius 1 is 1.25 bits per heavy atom. The second kappa shape index (κ2) is 4.84. The number of aromatic hydroxyl groups is 1. The van der Waals surface area contributed by atoms with Crippen molar-refractivity contribution in [2.75, 3.05) is 14.1 Å². The summed E-state index contributed by atoms with van der Waals surface area (Å²) in [5.41, 5.74) is 0.856. The average Bonchev–Trinajstić information content (AvgIpc) is 2.41. The lowest BCUT2D eigenvalue weighted by Crippen LogP contribution is -2.47. The third-order valence-corrected chi connectivity index (χ3v) is 3.51. The second-order valence-corrected chi connectivity index (χ2v) is 4.67. The molecule has 1 aliphatic heterocycles. The maximum Gasteiger partial charge on any atom is 0.324 e. The first-order valence-electron chi connectivity index (χ1n) is 5.99. The topological polar surface area (TPSA) is 86.9 Å². The highest BCUT2D eigenvalue weighted by Crippen LogP contribution is 2.35. The summed E-state index contributed by atoms with van der Waals surface area (Å²) >= 11 is 0. The number of benzene rings is 1. The number of allylic oxidation sites excluding steroid dienone is 1. The number of likely N-dealkylation sites (N-methyl/N-ethyl adjacent to an activating group) is 1. The van der Waals surface area contributed by atoms with E-state index in [0.717, 1.165) is 0 Å². The molecule has 0 aromatic heterocycles. The minimum absolute atomic E-state index is 0.0414. The van der Waals surface area contributed by atoms with Crippen LogP contribution in [0.5, 0.6) is 5.75 Å². The summed E-state index contributed by atoms with van der Waals surface area (Å²) < 4.78 is 0. The van der Waals surface area contributed by atoms with Crippen LogP contribution in [0.1, 0.15) is 18.5 Å². The van der Waals surface area contributed by atoms with Crippen LogP contribution in [0.3, 0.4) is 0 Å². The normalized spacial score (nSPS) is 19.6. The largest absolute Gasteiger partial charge is 0.508 e. The second-order valence-electron chi connectivity index (χ2n) is 4.67. The first-order chi connectivity index (χ1) is 9.34. The van der Waals surface area contributed by atoms with E-state index in [1.54, 1.807) is 19.1 Å². The Labute approximate surface area is 115 Å². The number of rotatable bonds is 2. The zero-order chi connectivity index (χ0) is 15.0. The summed E-state index contributed by atoms with van der Waals surface area (Å²) in [6, 6.07) is 4.95. The summed E-state index contributed by atoms with van der Waals surface area (Å²) in [5.74, 6) is 0.0685. The van der Waals surface area contributed by atoms with Crippen molar-refractivity contribution in [2.24, 2.45) is 0 Å². The van der Waals surface area contributed by atoms with Gasteiger partial charge in [0.2, 0.25) is 0 Å². The molecule has 0 radical (unpaired) electrons. The average molecular weight is 277 g/mol. The lowest BCUT2D eigenvalue weighted by atomic mass is 9.99. The standard InChI is InChI=1S/C13H15N3O4/c1-8-11(16(19)20)12(15(3)13(18)14(8)2)9-4-6-10(17)7-5-9/h4-7,12,17H,1-3H3. The zero-order valence-corrected chi connectivity index (χ0v) is 11.4. The van der Waals surface area contributed by atoms with E-state index in [9.17, 15) is 20.0 Å². The van der Waals surface area contributed by atoms with Crippen LogP contribution in [0.25, 0.3) is 0 Å². The Bertz CT molecular complexity index is 594. The maximum absolute atomic E-state index is 12.1. The van der Waals surface area contributed by atoms with Gasteiger partial charge in [-0.15, -0.1) is 0 Å². The molecule has 1 N–H and O–H groups in total. The van der Waals surface area contributed by atoms with Crippen LogP contribution < -0.4 is 0 Å². The van der Waals surface area contributed by atoms with Gasteiger partial charge < -0.3 is 10.0 Å². The lowest BCUT2D eigenvalue weighted by molar-refractivity contribution is -0.436. The van der Waals surface area contributed by atoms with Gasteiger partial charge in [-0.3, -0.25) is 15.0 Å². The van der Waals surface area contributed by atoms with Crippen molar-refractivity contribution in [2.45, 2.75) is 13.0 Å². The van der Waals surface area contributed by atoms with Crippen LogP contribution in [0, 0.1) is 10.1 Å². The van der Waals surface area contributed by atoms with Gasteiger partial charge in [0.05, 0.1) is 10.6 Å². The van der Waals surface area contributed by atoms with Gasteiger partial charge >= 0.3 is 6.03 Å². The van der Waals surface area contributed by atoms with E-state index in [-0.39, 0.29) is 17.5 Å². The third-order valence-electron chi connectivity index (χ3n) is 3.51. The van der Waals surface area contributed by atoms with Crippen molar-refractivity contribution < 1.29 is 14.8 Å². The molecular weight excluding hydrogens is 262 g/mol. The molecule has 106 valence electrons. The van der Waals surface area contributed by atoms with Crippen LogP contribution in [0.4, 0.5) is 4.79 Å². The number of carbonyl (C=O) groups is 1. The molecule has 7 heteroatoms. The number of amides is 2. The van der Waals surface area contributed by atoms with Gasteiger partial charge in [-0.25, -0.2) is 4.79 Å². The smallest absolute Gasteiger partial charge is 0.324 e. The number of nitro groups is 1. The van der Waals surface area contributed by atoms with Crippen molar-refractivity contribution >= 4 is 6.03 Å². The predicted octanol–water partition coefficient (Wildman–Crippen LogP) is 1.94. The Hall–Kier alpha value is -2.57. The molecule has 1 aliphatic rings. The van der Waals surface area contributed by atoms with Gasteiger partial charge in [-0.05, 0) is 24.6 Å². The van der Waals surface area contributed by atoms with Gasteiger partial charge in [0.15, 0.2) is 6.04 Å². The van der Waals surface area contributed by atoms with Crippen LogP contribution in [-0.2, 0) is 0 Å². The molecule has 0 spiro atoms. The van der Waals surface area contributed by atoms with Gasteiger partial charge in [0, 0.05) is 14.1 Å². The Morgan fingerprint density at radius 2 is 1.80 bits per heavy atom. The lowest BCUT2D eigenvalue weighted by Gasteiger charge is -2.36. The van der Waals surface area contributed by atoms with Gasteiger partial charge in [0.1, 0.15) is 5.75 Å². The van der Waals surface area contributed by atoms with E-state index >= 15 is 0 Å². The fourth-order valence-corrected chi connectivity index (χ4v) is 2.31. The molecule has 1 atom stereocenters. The predicted molar refractivity (Wildman–Crippen MR) is 71.5 cm³/mol. The molecule has 0 saturated heterocycles. The maximum atomic E-state index is 12.1. The molecule has 1 unspecified atom stereocenters. The number of phenols is 1. The van der Waals surface area contributed by atoms with E-state index in [4.69, 9.17) is 0 Å². The van der Waals surface area contributed by atoms with E-state index in [0.29, 0.717) is 11.3 Å². The summed E-state index contributed by atoms with van der Waals surface area (Å²) in [5, 5.41) is 20.7. The van der Waals surface area contributed by atoms with E-state index in [1.165, 1.54) is 36.0 Å². The number of hydrogen-bond acceptors (Lipinski definition) is 4. The van der Waals surface area contributed by atoms with Crippen molar-refractivity contribution in [3.8, 4) is 5.75 Å². The van der Waals surface area contributed by atoms with E-state index in [2.05, 4.69) is 0 Å². The summed E-state index contributed by atoms with van der Waals surface area (Å²) in [7, 11) is 3.02. The molecular formula is C13H15N3O4. The molecule has 1 aromatic rings. The molecule has 0 aliphatic carbocycles. The van der Waals surface area contributed by atoms with Gasteiger partial charge in [-0.2, -0.15) is 0 Å². The van der Waals surface area contributed by atoms with Crippen molar-refractivity contribution in [3.05, 3.63) is 51.3 Å². The van der Waals surface area contributed by atoms with Gasteiger partial charge in [0.25, 0.3) is 5.70 Å². The molecule has 0 saturated carbocycles. The first-order valence-corrected chi connectivity index (χ1v) is 5.99. The Morgan fingerprint density at radius 3 is 2.30 bits per heavy atom. The van der Waals surface area contributed by atoms with Crippen molar-refractivity contribution in [3.63, 3.8) is 0 Å². The molecule has 20 heavy (non-hydrogen) atoms. The molecule has 1 heterocycles. The molecule has 0 fully saturated rings. The quantitative estimate of drug-likeness (QED) is 0.661. The highest BCUT2D eigenvalue weighted by Gasteiger charge is 2.42. The number of hydrogen-bond donors (Lipinski definition) is 1. The monoisotopic (exact) mass is 277 g/mol. The van der Waals surface area contributed by atoms with Crippen LogP contribution >= 0.6 is 0 Å². The van der Waals surface area contributed by atoms with E-state index < -0.39 is 11.0 Å². The fourth-order valence-electron chi connectivity index (χ4n) is 2.31. The minimum Gasteiger partial charge on any atom is -0.508 e. The van der Waals surface area contributed by atoms with Crippen LogP contribution in [0.2, 0.25) is 0 Å². The molecule has 0 bridgehead atoms. The SMILES string of the molecule is CC1=C([N+](=O)[O-])C(c2ccc(O)cc2)N(C)C(=O)N1C. The zero-order valence-electron chi connectivity index (χ0n) is 11.4. The Kier molecular flexibility index (Phi) is 3.35. The number of carbonyl (C=O) groups excluding carboxylic acids is 1. The number of nitrogens with zero attached hydrogens (tertiary/aromatic N) is 3. The van der Waals surface area contributed by atoms with Crippen LogP contribution in [0.15, 0.2) is 35.7 Å². The number of urea groups is 1. The summed E-state index contributed by atoms with van der Waals surface area (Å²) in [6.07, 6.45) is 0. The molecule has 2 amide bonds. The Balaban J connectivity index is 2.60. The minimum atomic E-state index is -0.769. The fraction of sp³-hybridized carbons (Fsp3) is 0.308. The summed E-state index contributed by atoms with van der Waals surface area (Å²) in [6.45, 7) is 1.55. The van der Waals surface area contributed by atoms with E-state index in [1.807, 2.05) is 0 Å². The highest BCUT2D eigenvalue weighted by atomic mass is 16.6. The highest BCUT2D eigenvalue weighted by molar-refractivity contribution is 5.78. The first kappa shape index (κ1) is 13.9. The number of phenolic OH excluding ortho intramolecular Hbond substituents is 1. The third kappa shape index (κ3) is 2.07.